The summed E-state index contributed by atoms with van der Waals surface area (Å²) in [5.74, 6) is -0.257. The Morgan fingerprint density at radius 3 is 2.08 bits per heavy atom. The van der Waals surface area contributed by atoms with Crippen molar-refractivity contribution < 1.29 is 9.59 Å². The van der Waals surface area contributed by atoms with Gasteiger partial charge in [-0.3, -0.25) is 19.9 Å². The summed E-state index contributed by atoms with van der Waals surface area (Å²) < 4.78 is 0. The lowest BCUT2D eigenvalue weighted by molar-refractivity contribution is -0.130. The fourth-order valence-corrected chi connectivity index (χ4v) is 5.41. The Bertz CT molecular complexity index is 1350. The van der Waals surface area contributed by atoms with E-state index in [-0.39, 0.29) is 24.3 Å². The van der Waals surface area contributed by atoms with Crippen LogP contribution >= 0.6 is 11.3 Å². The van der Waals surface area contributed by atoms with Gasteiger partial charge in [0.25, 0.3) is 11.8 Å². The third kappa shape index (κ3) is 4.29. The molecule has 6 nitrogen and oxygen atoms in total. The predicted octanol–water partition coefficient (Wildman–Crippen LogP) is 4.83. The third-order valence-electron chi connectivity index (χ3n) is 6.38. The molecule has 3 aromatic carbocycles. The summed E-state index contributed by atoms with van der Waals surface area (Å²) in [6.07, 6.45) is 0. The zero-order valence-electron chi connectivity index (χ0n) is 19.8. The Balaban J connectivity index is 1.38. The molecule has 0 spiro atoms. The number of carbonyl (C=O) groups excluding carboxylic acids is 2. The molecule has 1 aromatic heterocycles. The first-order valence-corrected chi connectivity index (χ1v) is 12.5. The van der Waals surface area contributed by atoms with E-state index < -0.39 is 5.54 Å². The van der Waals surface area contributed by atoms with Gasteiger partial charge in [0.05, 0.1) is 12.1 Å². The number of nitrogens with one attached hydrogen (secondary N) is 2. The molecule has 1 fully saturated rings. The fourth-order valence-electron chi connectivity index (χ4n) is 4.57. The van der Waals surface area contributed by atoms with Crippen LogP contribution in [-0.4, -0.2) is 34.6 Å². The first-order chi connectivity index (χ1) is 17.5. The summed E-state index contributed by atoms with van der Waals surface area (Å²) in [6.45, 7) is 0.729. The molecule has 5 rings (SSSR count). The van der Waals surface area contributed by atoms with Crippen LogP contribution in [0.4, 0.5) is 0 Å². The Morgan fingerprint density at radius 1 is 0.944 bits per heavy atom. The van der Waals surface area contributed by atoms with E-state index in [2.05, 4.69) is 5.32 Å². The highest BCUT2D eigenvalue weighted by Gasteiger charge is 2.52. The zero-order valence-corrected chi connectivity index (χ0v) is 20.7. The second kappa shape index (κ2) is 9.79. The van der Waals surface area contributed by atoms with E-state index in [1.807, 2.05) is 102 Å². The summed E-state index contributed by atoms with van der Waals surface area (Å²) in [4.78, 5) is 30.9. The van der Waals surface area contributed by atoms with Gasteiger partial charge < -0.3 is 10.2 Å². The minimum absolute atomic E-state index is 0.0372. The SMILES string of the molecule is CN(Cc1ccccc1)C(=O)c1csc(CN2C(=N)NC(c3ccccc3)(c3ccccc3)C2=O)c1. The van der Waals surface area contributed by atoms with Crippen molar-refractivity contribution in [3.63, 3.8) is 0 Å². The molecule has 1 aliphatic rings. The lowest BCUT2D eigenvalue weighted by atomic mass is 9.82. The summed E-state index contributed by atoms with van der Waals surface area (Å²) in [5.41, 5.74) is 2.02. The Morgan fingerprint density at radius 2 is 1.50 bits per heavy atom. The molecule has 1 aliphatic heterocycles. The topological polar surface area (TPSA) is 76.5 Å². The van der Waals surface area contributed by atoms with E-state index in [1.165, 1.54) is 16.2 Å². The molecule has 1 saturated heterocycles. The molecule has 0 bridgehead atoms. The molecule has 0 atom stereocenters. The van der Waals surface area contributed by atoms with Crippen molar-refractivity contribution in [2.75, 3.05) is 7.05 Å². The van der Waals surface area contributed by atoms with Crippen molar-refractivity contribution in [3.05, 3.63) is 130 Å². The highest BCUT2D eigenvalue weighted by atomic mass is 32.1. The molecular weight excluding hydrogens is 468 g/mol. The van der Waals surface area contributed by atoms with Crippen molar-refractivity contribution in [2.24, 2.45) is 0 Å². The molecule has 0 saturated carbocycles. The molecule has 2 amide bonds. The van der Waals surface area contributed by atoms with Crippen LogP contribution in [0.3, 0.4) is 0 Å². The van der Waals surface area contributed by atoms with Gasteiger partial charge in [-0.05, 0) is 22.8 Å². The quantitative estimate of drug-likeness (QED) is 0.386. The van der Waals surface area contributed by atoms with Gasteiger partial charge in [0.1, 0.15) is 0 Å². The van der Waals surface area contributed by atoms with Gasteiger partial charge in [-0.1, -0.05) is 91.0 Å². The molecule has 0 radical (unpaired) electrons. The molecule has 2 heterocycles. The number of amides is 2. The Hall–Kier alpha value is -4.23. The van der Waals surface area contributed by atoms with Crippen LogP contribution in [0.25, 0.3) is 0 Å². The predicted molar refractivity (Wildman–Crippen MR) is 142 cm³/mol. The van der Waals surface area contributed by atoms with Gasteiger partial charge in [-0.25, -0.2) is 0 Å². The van der Waals surface area contributed by atoms with Crippen molar-refractivity contribution in [3.8, 4) is 0 Å². The second-order valence-corrected chi connectivity index (χ2v) is 9.79. The fraction of sp³-hybridized carbons (Fsp3) is 0.138. The van der Waals surface area contributed by atoms with Crippen molar-refractivity contribution in [2.45, 2.75) is 18.6 Å². The van der Waals surface area contributed by atoms with E-state index >= 15 is 0 Å². The lowest BCUT2D eigenvalue weighted by Gasteiger charge is -2.28. The minimum atomic E-state index is -1.18. The van der Waals surface area contributed by atoms with Crippen LogP contribution in [0, 0.1) is 5.41 Å². The largest absolute Gasteiger partial charge is 0.337 e. The highest BCUT2D eigenvalue weighted by molar-refractivity contribution is 7.10. The smallest absolute Gasteiger partial charge is 0.264 e. The monoisotopic (exact) mass is 494 g/mol. The minimum Gasteiger partial charge on any atom is -0.337 e. The standard InChI is InChI=1S/C29H26N4O2S/c1-32(18-21-11-5-2-6-12-21)26(34)22-17-25(36-20-22)19-33-27(35)29(31-28(33)30,23-13-7-3-8-14-23)24-15-9-4-10-16-24/h2-17,20H,18-19H2,1H3,(H2,30,31). The lowest BCUT2D eigenvalue weighted by Crippen LogP contribution is -2.45. The summed E-state index contributed by atoms with van der Waals surface area (Å²) in [5, 5.41) is 13.7. The van der Waals surface area contributed by atoms with Crippen LogP contribution in [0.5, 0.6) is 0 Å². The van der Waals surface area contributed by atoms with Crippen LogP contribution in [0.2, 0.25) is 0 Å². The van der Waals surface area contributed by atoms with E-state index in [4.69, 9.17) is 5.41 Å². The second-order valence-electron chi connectivity index (χ2n) is 8.80. The van der Waals surface area contributed by atoms with Gasteiger partial charge >= 0.3 is 0 Å². The molecular formula is C29H26N4O2S. The average molecular weight is 495 g/mol. The highest BCUT2D eigenvalue weighted by Crippen LogP contribution is 2.36. The summed E-state index contributed by atoms with van der Waals surface area (Å²) in [7, 11) is 1.78. The molecule has 7 heteroatoms. The number of hydrogen-bond donors (Lipinski definition) is 2. The summed E-state index contributed by atoms with van der Waals surface area (Å²) >= 11 is 1.42. The molecule has 4 aromatic rings. The number of carbonyl (C=O) groups is 2. The maximum Gasteiger partial charge on any atom is 0.264 e. The molecule has 36 heavy (non-hydrogen) atoms. The normalized spacial score (nSPS) is 14.5. The van der Waals surface area contributed by atoms with Gasteiger partial charge in [-0.2, -0.15) is 0 Å². The number of hydrogen-bond acceptors (Lipinski definition) is 4. The van der Waals surface area contributed by atoms with Crippen molar-refractivity contribution >= 4 is 29.1 Å². The average Bonchev–Trinajstić information content (AvgIpc) is 3.49. The number of benzene rings is 3. The maximum absolute atomic E-state index is 13.9. The van der Waals surface area contributed by atoms with E-state index in [0.29, 0.717) is 12.1 Å². The molecule has 0 aliphatic carbocycles. The van der Waals surface area contributed by atoms with E-state index in [9.17, 15) is 9.59 Å². The van der Waals surface area contributed by atoms with E-state index in [0.717, 1.165) is 21.6 Å². The van der Waals surface area contributed by atoms with Gasteiger partial charge in [-0.15, -0.1) is 11.3 Å². The van der Waals surface area contributed by atoms with Crippen LogP contribution in [-0.2, 0) is 23.4 Å². The van der Waals surface area contributed by atoms with Crippen LogP contribution < -0.4 is 5.32 Å². The maximum atomic E-state index is 13.9. The van der Waals surface area contributed by atoms with Gasteiger partial charge in [0, 0.05) is 23.8 Å². The zero-order chi connectivity index (χ0) is 25.1. The molecule has 0 unspecified atom stereocenters. The molecule has 180 valence electrons. The van der Waals surface area contributed by atoms with Crippen molar-refractivity contribution in [1.29, 1.82) is 5.41 Å². The third-order valence-corrected chi connectivity index (χ3v) is 7.30. The Kier molecular flexibility index (Phi) is 6.40. The Labute approximate surface area is 214 Å². The van der Waals surface area contributed by atoms with Gasteiger partial charge in [0.15, 0.2) is 11.5 Å². The molecule has 2 N–H and O–H groups in total. The van der Waals surface area contributed by atoms with Crippen LogP contribution in [0.1, 0.15) is 31.9 Å². The number of rotatable bonds is 7. The first kappa shape index (κ1) is 23.5. The number of guanidine groups is 1. The van der Waals surface area contributed by atoms with Gasteiger partial charge in [0.2, 0.25) is 0 Å². The van der Waals surface area contributed by atoms with E-state index in [1.54, 1.807) is 11.9 Å². The summed E-state index contributed by atoms with van der Waals surface area (Å²) in [6, 6.07) is 30.7. The number of thiophene rings is 1. The van der Waals surface area contributed by atoms with Crippen LogP contribution in [0.15, 0.2) is 102 Å². The first-order valence-electron chi connectivity index (χ1n) is 11.7. The number of nitrogens with zero attached hydrogens (tertiary/aromatic N) is 2. The van der Waals surface area contributed by atoms with Crippen molar-refractivity contribution in [1.82, 2.24) is 15.1 Å².